The molecule has 0 fully saturated rings. The molecule has 0 radical (unpaired) electrons. The van der Waals surface area contributed by atoms with E-state index >= 15 is 0 Å². The topological polar surface area (TPSA) is 94.0 Å². The molecule has 7 nitrogen and oxygen atoms in total. The van der Waals surface area contributed by atoms with Crippen molar-refractivity contribution in [3.63, 3.8) is 0 Å². The largest absolute Gasteiger partial charge is 0.293 e. The molecule has 0 unspecified atom stereocenters. The summed E-state index contributed by atoms with van der Waals surface area (Å²) in [4.78, 5) is 12.8. The van der Waals surface area contributed by atoms with Gasteiger partial charge in [-0.25, -0.2) is 8.42 Å². The first-order valence-electron chi connectivity index (χ1n) is 10.1. The number of hydrogen-bond donors (Lipinski definition) is 1. The number of aryl methyl sites for hydroxylation is 1. The van der Waals surface area contributed by atoms with Crippen molar-refractivity contribution in [3.8, 4) is 17.1 Å². The lowest BCUT2D eigenvalue weighted by Crippen LogP contribution is -2.10. The molecule has 4 aromatic rings. The second-order valence-electron chi connectivity index (χ2n) is 7.51. The first-order chi connectivity index (χ1) is 15.8. The fraction of sp³-hybridized carbons (Fsp3) is 0.125. The van der Waals surface area contributed by atoms with E-state index in [2.05, 4.69) is 14.9 Å². The molecule has 1 aromatic heterocycles. The third kappa shape index (κ3) is 5.68. The van der Waals surface area contributed by atoms with Crippen molar-refractivity contribution in [1.29, 1.82) is 0 Å². The van der Waals surface area contributed by atoms with Crippen LogP contribution in [0.1, 0.15) is 15.9 Å². The Morgan fingerprint density at radius 2 is 1.61 bits per heavy atom. The van der Waals surface area contributed by atoms with Gasteiger partial charge in [0, 0.05) is 22.5 Å². The Balaban J connectivity index is 1.57. The Kier molecular flexibility index (Phi) is 6.62. The van der Waals surface area contributed by atoms with E-state index in [1.54, 1.807) is 24.3 Å². The molecule has 0 amide bonds. The molecule has 0 spiro atoms. The van der Waals surface area contributed by atoms with Gasteiger partial charge < -0.3 is 0 Å². The summed E-state index contributed by atoms with van der Waals surface area (Å²) >= 11 is 1.31. The molecule has 33 heavy (non-hydrogen) atoms. The van der Waals surface area contributed by atoms with Gasteiger partial charge in [0.2, 0.25) is 10.0 Å². The number of nitrogens with one attached hydrogen (secondary N) is 1. The average Bonchev–Trinajstić information content (AvgIpc) is 3.22. The highest BCUT2D eigenvalue weighted by molar-refractivity contribution is 7.99. The molecule has 0 aliphatic heterocycles. The van der Waals surface area contributed by atoms with Crippen molar-refractivity contribution >= 4 is 33.3 Å². The van der Waals surface area contributed by atoms with Crippen LogP contribution in [-0.4, -0.2) is 41.0 Å². The van der Waals surface area contributed by atoms with E-state index in [4.69, 9.17) is 0 Å². The maximum atomic E-state index is 12.8. The number of benzene rings is 3. The summed E-state index contributed by atoms with van der Waals surface area (Å²) in [5.74, 6) is 0.772. The van der Waals surface area contributed by atoms with E-state index in [1.807, 2.05) is 66.1 Å². The third-order valence-electron chi connectivity index (χ3n) is 4.80. The number of thioether (sulfide) groups is 1. The van der Waals surface area contributed by atoms with Crippen LogP contribution < -0.4 is 4.72 Å². The summed E-state index contributed by atoms with van der Waals surface area (Å²) in [5, 5.41) is 9.37. The zero-order valence-electron chi connectivity index (χ0n) is 18.1. The van der Waals surface area contributed by atoms with E-state index in [1.165, 1.54) is 11.8 Å². The summed E-state index contributed by atoms with van der Waals surface area (Å²) in [6, 6.07) is 24.2. The zero-order chi connectivity index (χ0) is 23.4. The summed E-state index contributed by atoms with van der Waals surface area (Å²) in [6.07, 6.45) is 1.08. The second kappa shape index (κ2) is 9.60. The Bertz CT molecular complexity index is 1370. The molecule has 0 bridgehead atoms. The highest BCUT2D eigenvalue weighted by Gasteiger charge is 2.18. The molecule has 1 N–H and O–H groups in total. The van der Waals surface area contributed by atoms with Gasteiger partial charge in [-0.1, -0.05) is 59.8 Å². The zero-order valence-corrected chi connectivity index (χ0v) is 19.7. The molecule has 0 aliphatic carbocycles. The number of anilines is 1. The first kappa shape index (κ1) is 22.8. The lowest BCUT2D eigenvalue weighted by Gasteiger charge is -2.11. The summed E-state index contributed by atoms with van der Waals surface area (Å²) in [6.45, 7) is 2.03. The second-order valence-corrected chi connectivity index (χ2v) is 10.2. The monoisotopic (exact) mass is 478 g/mol. The number of carbonyl (C=O) groups excluding carboxylic acids is 1. The molecule has 0 aliphatic rings. The van der Waals surface area contributed by atoms with Gasteiger partial charge in [-0.05, 0) is 43.3 Å². The van der Waals surface area contributed by atoms with E-state index in [9.17, 15) is 13.2 Å². The Morgan fingerprint density at radius 3 is 2.24 bits per heavy atom. The number of sulfonamides is 1. The molecule has 9 heteroatoms. The molecule has 1 heterocycles. The summed E-state index contributed by atoms with van der Waals surface area (Å²) < 4.78 is 27.0. The van der Waals surface area contributed by atoms with Gasteiger partial charge in [-0.3, -0.25) is 14.1 Å². The van der Waals surface area contributed by atoms with Crippen molar-refractivity contribution in [2.75, 3.05) is 16.7 Å². The van der Waals surface area contributed by atoms with E-state index in [0.717, 1.165) is 23.1 Å². The average molecular weight is 479 g/mol. The summed E-state index contributed by atoms with van der Waals surface area (Å²) in [7, 11) is -3.37. The minimum Gasteiger partial charge on any atom is -0.293 e. The predicted molar refractivity (Wildman–Crippen MR) is 131 cm³/mol. The van der Waals surface area contributed by atoms with Crippen LogP contribution in [0.5, 0.6) is 0 Å². The van der Waals surface area contributed by atoms with Crippen LogP contribution in [0, 0.1) is 6.92 Å². The lowest BCUT2D eigenvalue weighted by molar-refractivity contribution is 0.102. The van der Waals surface area contributed by atoms with Crippen LogP contribution in [0.25, 0.3) is 17.1 Å². The summed E-state index contributed by atoms with van der Waals surface area (Å²) in [5.41, 5.74) is 3.89. The SMILES string of the molecule is Cc1ccc(-n2c(SCC(=O)c3ccc(NS(C)(=O)=O)cc3)nnc2-c2ccccc2)cc1. The van der Waals surface area contributed by atoms with Gasteiger partial charge in [0.1, 0.15) is 0 Å². The number of carbonyl (C=O) groups is 1. The third-order valence-corrected chi connectivity index (χ3v) is 6.34. The van der Waals surface area contributed by atoms with Crippen molar-refractivity contribution < 1.29 is 13.2 Å². The van der Waals surface area contributed by atoms with Gasteiger partial charge in [0.15, 0.2) is 16.8 Å². The maximum Gasteiger partial charge on any atom is 0.229 e. The smallest absolute Gasteiger partial charge is 0.229 e. The number of Topliss-reactive ketones (excluding diaryl/α,β-unsaturated/α-hetero) is 1. The van der Waals surface area contributed by atoms with Crippen molar-refractivity contribution in [3.05, 3.63) is 90.0 Å². The number of rotatable bonds is 8. The number of hydrogen-bond acceptors (Lipinski definition) is 6. The molecule has 0 saturated carbocycles. The Hall–Kier alpha value is -3.43. The van der Waals surface area contributed by atoms with Crippen LogP contribution in [0.2, 0.25) is 0 Å². The van der Waals surface area contributed by atoms with Crippen molar-refractivity contribution in [1.82, 2.24) is 14.8 Å². The van der Waals surface area contributed by atoms with Crippen molar-refractivity contribution in [2.45, 2.75) is 12.1 Å². The van der Waals surface area contributed by atoms with Gasteiger partial charge in [0.25, 0.3) is 0 Å². The van der Waals surface area contributed by atoms with Crippen molar-refractivity contribution in [2.24, 2.45) is 0 Å². The Morgan fingerprint density at radius 1 is 0.939 bits per heavy atom. The van der Waals surface area contributed by atoms with E-state index in [0.29, 0.717) is 22.2 Å². The van der Waals surface area contributed by atoms with Gasteiger partial charge in [-0.15, -0.1) is 10.2 Å². The molecule has 168 valence electrons. The van der Waals surface area contributed by atoms with Gasteiger partial charge in [-0.2, -0.15) is 0 Å². The quantitative estimate of drug-likeness (QED) is 0.294. The fourth-order valence-corrected chi connectivity index (χ4v) is 4.63. The van der Waals surface area contributed by atoms with Gasteiger partial charge >= 0.3 is 0 Å². The highest BCUT2D eigenvalue weighted by atomic mass is 32.2. The molecule has 3 aromatic carbocycles. The normalized spacial score (nSPS) is 11.3. The first-order valence-corrected chi connectivity index (χ1v) is 13.0. The minimum absolute atomic E-state index is 0.0920. The molecule has 0 saturated heterocycles. The van der Waals surface area contributed by atoms with Crippen LogP contribution in [0.4, 0.5) is 5.69 Å². The van der Waals surface area contributed by atoms with Crippen LogP contribution in [0.15, 0.2) is 84.0 Å². The van der Waals surface area contributed by atoms with E-state index < -0.39 is 10.0 Å². The molecular weight excluding hydrogens is 456 g/mol. The van der Waals surface area contributed by atoms with Gasteiger partial charge in [0.05, 0.1) is 12.0 Å². The van der Waals surface area contributed by atoms with Crippen LogP contribution in [-0.2, 0) is 10.0 Å². The van der Waals surface area contributed by atoms with Crippen LogP contribution in [0.3, 0.4) is 0 Å². The maximum absolute atomic E-state index is 12.8. The molecule has 4 rings (SSSR count). The fourth-order valence-electron chi connectivity index (χ4n) is 3.22. The standard InChI is InChI=1S/C24H22N4O3S2/c1-17-8-14-21(15-9-17)28-23(19-6-4-3-5-7-19)25-26-24(28)32-16-22(29)18-10-12-20(13-11-18)27-33(2,30)31/h3-15,27H,16H2,1-2H3. The Labute approximate surface area is 196 Å². The minimum atomic E-state index is -3.37. The predicted octanol–water partition coefficient (Wildman–Crippen LogP) is 4.59. The highest BCUT2D eigenvalue weighted by Crippen LogP contribution is 2.28. The number of ketones is 1. The van der Waals surface area contributed by atoms with Crippen LogP contribution >= 0.6 is 11.8 Å². The molecular formula is C24H22N4O3S2. The number of aromatic nitrogens is 3. The lowest BCUT2D eigenvalue weighted by atomic mass is 10.1. The number of nitrogens with zero attached hydrogens (tertiary/aromatic N) is 3. The molecule has 0 atom stereocenters. The van der Waals surface area contributed by atoms with E-state index in [-0.39, 0.29) is 11.5 Å².